The number of carbonyl (C=O) groups is 5. The van der Waals surface area contributed by atoms with Crippen molar-refractivity contribution in [3.63, 3.8) is 0 Å². The first-order chi connectivity index (χ1) is 31.8. The van der Waals surface area contributed by atoms with Crippen LogP contribution in [-0.4, -0.2) is 63.2 Å². The van der Waals surface area contributed by atoms with Gasteiger partial charge in [0, 0.05) is 5.56 Å². The molecule has 0 atom stereocenters. The SMILES string of the molecule is COC(=O)c1ccc(/C=C/C(=O)/C=C/c2ccc(C(=O)CO)cc2)cc1.Cc1ccc(/C=C/C(=O)/C=C/c2ccc(O)c(O)c2)cc1O.O=C(/C=C/c1ccccc1)/C=C/c1ccccc1. The van der Waals surface area contributed by atoms with Crippen molar-refractivity contribution in [3.8, 4) is 17.2 Å². The number of methoxy groups -OCH3 is 1. The average Bonchev–Trinajstić information content (AvgIpc) is 3.35. The van der Waals surface area contributed by atoms with Gasteiger partial charge in [0.25, 0.3) is 0 Å². The first-order valence-electron chi connectivity index (χ1n) is 20.4. The zero-order valence-electron chi connectivity index (χ0n) is 36.2. The summed E-state index contributed by atoms with van der Waals surface area (Å²) in [6.45, 7) is 1.27. The van der Waals surface area contributed by atoms with E-state index in [4.69, 9.17) is 5.11 Å². The molecule has 6 rings (SSSR count). The summed E-state index contributed by atoms with van der Waals surface area (Å²) < 4.78 is 4.62. The molecule has 66 heavy (non-hydrogen) atoms. The van der Waals surface area contributed by atoms with Gasteiger partial charge >= 0.3 is 5.97 Å². The van der Waals surface area contributed by atoms with Crippen LogP contribution >= 0.6 is 0 Å². The summed E-state index contributed by atoms with van der Waals surface area (Å²) in [6.07, 6.45) is 18.8. The zero-order valence-corrected chi connectivity index (χ0v) is 36.2. The first kappa shape index (κ1) is 49.9. The number of benzene rings is 6. The Morgan fingerprint density at radius 2 is 0.773 bits per heavy atom. The lowest BCUT2D eigenvalue weighted by atomic mass is 10.1. The van der Waals surface area contributed by atoms with Gasteiger partial charge in [0.1, 0.15) is 12.4 Å². The monoisotopic (exact) mass is 880 g/mol. The maximum Gasteiger partial charge on any atom is 0.337 e. The molecule has 4 N–H and O–H groups in total. The van der Waals surface area contributed by atoms with Gasteiger partial charge in [-0.25, -0.2) is 4.79 Å². The fraction of sp³-hybridized carbons (Fsp3) is 0.0536. The summed E-state index contributed by atoms with van der Waals surface area (Å²) >= 11 is 0. The molecule has 10 heteroatoms. The third-order valence-corrected chi connectivity index (χ3v) is 9.18. The summed E-state index contributed by atoms with van der Waals surface area (Å²) in [4.78, 5) is 57.9. The molecule has 0 bridgehead atoms. The molecule has 0 spiro atoms. The Bertz CT molecular complexity index is 2570. The van der Waals surface area contributed by atoms with Crippen molar-refractivity contribution in [3.05, 3.63) is 232 Å². The van der Waals surface area contributed by atoms with Crippen LogP contribution in [0.25, 0.3) is 36.5 Å². The second kappa shape index (κ2) is 26.7. The molecule has 0 aliphatic rings. The fourth-order valence-electron chi connectivity index (χ4n) is 5.46. The molecule has 0 unspecified atom stereocenters. The molecule has 0 aliphatic carbocycles. The summed E-state index contributed by atoms with van der Waals surface area (Å²) in [5.41, 5.74) is 6.57. The smallest absolute Gasteiger partial charge is 0.337 e. The lowest BCUT2D eigenvalue weighted by Crippen LogP contribution is -2.03. The third-order valence-electron chi connectivity index (χ3n) is 9.18. The Morgan fingerprint density at radius 3 is 1.15 bits per heavy atom. The number of rotatable bonds is 15. The molecule has 0 saturated carbocycles. The van der Waals surface area contributed by atoms with Crippen molar-refractivity contribution in [2.24, 2.45) is 0 Å². The van der Waals surface area contributed by atoms with Crippen molar-refractivity contribution >= 4 is 65.6 Å². The molecular formula is C56H48O10. The maximum absolute atomic E-state index is 11.9. The van der Waals surface area contributed by atoms with E-state index in [2.05, 4.69) is 4.74 Å². The molecule has 0 amide bonds. The van der Waals surface area contributed by atoms with Crippen LogP contribution in [0.3, 0.4) is 0 Å². The molecule has 0 aromatic heterocycles. The molecule has 10 nitrogen and oxygen atoms in total. The highest BCUT2D eigenvalue weighted by molar-refractivity contribution is 6.06. The van der Waals surface area contributed by atoms with Crippen LogP contribution in [0.15, 0.2) is 182 Å². The number of esters is 1. The number of ketones is 4. The fourth-order valence-corrected chi connectivity index (χ4v) is 5.46. The maximum atomic E-state index is 11.9. The molecule has 0 aliphatic heterocycles. The summed E-state index contributed by atoms with van der Waals surface area (Å²) in [7, 11) is 1.32. The normalized spacial score (nSPS) is 11.1. The number of allylic oxidation sites excluding steroid dienone is 6. The lowest BCUT2D eigenvalue weighted by molar-refractivity contribution is -0.111. The van der Waals surface area contributed by atoms with Gasteiger partial charge in [-0.1, -0.05) is 152 Å². The number of phenols is 3. The number of hydrogen-bond acceptors (Lipinski definition) is 10. The predicted octanol–water partition coefficient (Wildman–Crippen LogP) is 10.3. The number of carbonyl (C=O) groups excluding carboxylic acids is 5. The second-order valence-corrected chi connectivity index (χ2v) is 14.1. The number of phenolic OH excluding ortho intramolecular Hbond substituents is 3. The van der Waals surface area contributed by atoms with Crippen LogP contribution < -0.4 is 0 Å². The van der Waals surface area contributed by atoms with E-state index in [-0.39, 0.29) is 40.4 Å². The largest absolute Gasteiger partial charge is 0.508 e. The van der Waals surface area contributed by atoms with Crippen molar-refractivity contribution in [1.82, 2.24) is 0 Å². The molecule has 0 radical (unpaired) electrons. The quantitative estimate of drug-likeness (QED) is 0.0336. The average molecular weight is 881 g/mol. The Kier molecular flexibility index (Phi) is 20.2. The van der Waals surface area contributed by atoms with Gasteiger partial charge in [0.2, 0.25) is 0 Å². The molecule has 6 aromatic rings. The molecular weight excluding hydrogens is 833 g/mol. The lowest BCUT2D eigenvalue weighted by Gasteiger charge is -1.99. The summed E-state index contributed by atoms with van der Waals surface area (Å²) in [6, 6.07) is 42.3. The van der Waals surface area contributed by atoms with E-state index < -0.39 is 12.6 Å². The minimum atomic E-state index is -0.529. The molecule has 6 aromatic carbocycles. The summed E-state index contributed by atoms with van der Waals surface area (Å²) in [5.74, 6) is -1.45. The number of hydrogen-bond donors (Lipinski definition) is 4. The number of aryl methyl sites for hydroxylation is 1. The van der Waals surface area contributed by atoms with Crippen LogP contribution in [0.1, 0.15) is 59.7 Å². The van der Waals surface area contributed by atoms with E-state index in [0.717, 1.165) is 33.4 Å². The van der Waals surface area contributed by atoms with E-state index in [0.29, 0.717) is 16.7 Å². The summed E-state index contributed by atoms with van der Waals surface area (Å²) in [5, 5.41) is 37.0. The zero-order chi connectivity index (χ0) is 47.7. The van der Waals surface area contributed by atoms with Crippen LogP contribution in [0.2, 0.25) is 0 Å². The number of aliphatic hydroxyl groups is 1. The number of aromatic hydroxyl groups is 3. The minimum Gasteiger partial charge on any atom is -0.508 e. The van der Waals surface area contributed by atoms with Crippen molar-refractivity contribution in [1.29, 1.82) is 0 Å². The van der Waals surface area contributed by atoms with Crippen molar-refractivity contribution in [2.75, 3.05) is 13.7 Å². The Labute approximate surface area is 383 Å². The van der Waals surface area contributed by atoms with Gasteiger partial charge in [0.15, 0.2) is 34.6 Å². The van der Waals surface area contributed by atoms with E-state index in [1.54, 1.807) is 116 Å². The van der Waals surface area contributed by atoms with E-state index >= 15 is 0 Å². The minimum absolute atomic E-state index is 0.0114. The van der Waals surface area contributed by atoms with Gasteiger partial charge < -0.3 is 25.2 Å². The highest BCUT2D eigenvalue weighted by Gasteiger charge is 2.05. The van der Waals surface area contributed by atoms with Gasteiger partial charge in [-0.15, -0.1) is 0 Å². The topological polar surface area (TPSA) is 176 Å². The number of Topliss-reactive ketones (excluding diaryl/α,β-unsaturated/α-hetero) is 1. The Hall–Kier alpha value is -8.73. The van der Waals surface area contributed by atoms with E-state index in [1.165, 1.54) is 43.5 Å². The molecule has 332 valence electrons. The Balaban J connectivity index is 0.000000220. The highest BCUT2D eigenvalue weighted by Crippen LogP contribution is 2.25. The van der Waals surface area contributed by atoms with Gasteiger partial charge in [-0.3, -0.25) is 19.2 Å². The van der Waals surface area contributed by atoms with Crippen LogP contribution in [0, 0.1) is 6.92 Å². The van der Waals surface area contributed by atoms with Crippen molar-refractivity contribution in [2.45, 2.75) is 6.92 Å². The standard InChI is InChI=1S/C21H18O5.C18H16O4.C17H14O/c1-26-21(25)18-10-4-16(5-11-18)7-13-19(23)12-6-15-2-8-17(9-3-15)20(24)14-22;1-12-2-3-13(10-17(12)21)4-7-15(19)8-5-14-6-9-16(20)18(22)11-14;18-17(13-11-15-7-3-1-4-8-15)14-12-16-9-5-2-6-10-16/h2-13,22H,14H2,1H3;2-11,20-22H,1H3;1-14H/b12-6+,13-7+;7-4+,8-5+;13-11+,14-12+. The third kappa shape index (κ3) is 17.9. The van der Waals surface area contributed by atoms with E-state index in [1.807, 2.05) is 72.8 Å². The van der Waals surface area contributed by atoms with Crippen molar-refractivity contribution < 1.29 is 49.1 Å². The molecule has 0 saturated heterocycles. The Morgan fingerprint density at radius 1 is 0.424 bits per heavy atom. The first-order valence-corrected chi connectivity index (χ1v) is 20.4. The number of aliphatic hydroxyl groups excluding tert-OH is 1. The van der Waals surface area contributed by atoms with Crippen LogP contribution in [0.5, 0.6) is 17.2 Å². The predicted molar refractivity (Wildman–Crippen MR) is 260 cm³/mol. The highest BCUT2D eigenvalue weighted by atomic mass is 16.5. The van der Waals surface area contributed by atoms with Crippen LogP contribution in [0.4, 0.5) is 0 Å². The van der Waals surface area contributed by atoms with E-state index in [9.17, 15) is 39.3 Å². The second-order valence-electron chi connectivity index (χ2n) is 14.1. The van der Waals surface area contributed by atoms with Gasteiger partial charge in [0.05, 0.1) is 12.7 Å². The van der Waals surface area contributed by atoms with Crippen LogP contribution in [-0.2, 0) is 19.1 Å². The van der Waals surface area contributed by atoms with Gasteiger partial charge in [-0.05, 0) is 113 Å². The number of ether oxygens (including phenoxy) is 1. The van der Waals surface area contributed by atoms with Gasteiger partial charge in [-0.2, -0.15) is 0 Å². The molecule has 0 heterocycles. The molecule has 0 fully saturated rings.